The van der Waals surface area contributed by atoms with Crippen LogP contribution < -0.4 is 0 Å². The summed E-state index contributed by atoms with van der Waals surface area (Å²) in [5, 5.41) is 28.1. The molecule has 0 aliphatic heterocycles. The van der Waals surface area contributed by atoms with Crippen LogP contribution in [0.5, 0.6) is 0 Å². The molecule has 0 aliphatic rings. The van der Waals surface area contributed by atoms with Gasteiger partial charge in [0.15, 0.2) is 5.69 Å². The highest BCUT2D eigenvalue weighted by Crippen LogP contribution is 2.21. The zero-order chi connectivity index (χ0) is 12.8. The van der Waals surface area contributed by atoms with Gasteiger partial charge in [-0.3, -0.25) is 0 Å². The van der Waals surface area contributed by atoms with Crippen LogP contribution in [0.25, 0.3) is 0 Å². The number of carbonyl (C=O) groups excluding carboxylic acids is 1. The molecule has 1 aromatic rings. The number of aliphatic hydroxyl groups is 3. The highest BCUT2D eigenvalue weighted by atomic mass is 16.5. The second-order valence-electron chi connectivity index (χ2n) is 3.46. The summed E-state index contributed by atoms with van der Waals surface area (Å²) in [4.78, 5) is 15.2. The molecular formula is C11H15NO5. The van der Waals surface area contributed by atoms with Gasteiger partial charge in [-0.15, -0.1) is 0 Å². The summed E-state index contributed by atoms with van der Waals surface area (Å²) in [6.45, 7) is -0.258. The second-order valence-corrected chi connectivity index (χ2v) is 3.46. The molecule has 0 amide bonds. The molecule has 6 heteroatoms. The highest BCUT2D eigenvalue weighted by Gasteiger charge is 2.24. The SMILES string of the molecule is COC(=O)c1ncccc1C(O)C(O)CCO. The molecule has 6 nitrogen and oxygen atoms in total. The summed E-state index contributed by atoms with van der Waals surface area (Å²) in [6.07, 6.45) is -1.05. The third-order valence-electron chi connectivity index (χ3n) is 2.33. The highest BCUT2D eigenvalue weighted by molar-refractivity contribution is 5.88. The maximum Gasteiger partial charge on any atom is 0.357 e. The molecule has 0 fully saturated rings. The van der Waals surface area contributed by atoms with Gasteiger partial charge in [0.05, 0.1) is 13.2 Å². The lowest BCUT2D eigenvalue weighted by molar-refractivity contribution is 0.00308. The normalized spacial score (nSPS) is 14.1. The van der Waals surface area contributed by atoms with Crippen LogP contribution in [0.2, 0.25) is 0 Å². The topological polar surface area (TPSA) is 99.9 Å². The summed E-state index contributed by atoms with van der Waals surface area (Å²) in [7, 11) is 1.21. The van der Waals surface area contributed by atoms with Gasteiger partial charge >= 0.3 is 5.97 Å². The van der Waals surface area contributed by atoms with Gasteiger partial charge in [0.25, 0.3) is 0 Å². The Hall–Kier alpha value is -1.50. The number of nitrogens with zero attached hydrogens (tertiary/aromatic N) is 1. The Morgan fingerprint density at radius 3 is 2.82 bits per heavy atom. The van der Waals surface area contributed by atoms with E-state index in [-0.39, 0.29) is 24.3 Å². The van der Waals surface area contributed by atoms with E-state index in [0.29, 0.717) is 0 Å². The quantitative estimate of drug-likeness (QED) is 0.609. The number of aromatic nitrogens is 1. The van der Waals surface area contributed by atoms with Gasteiger partial charge in [-0.1, -0.05) is 6.07 Å². The minimum absolute atomic E-state index is 0.0106. The molecule has 1 heterocycles. The van der Waals surface area contributed by atoms with Gasteiger partial charge in [0, 0.05) is 18.4 Å². The van der Waals surface area contributed by atoms with Crippen molar-refractivity contribution in [1.29, 1.82) is 0 Å². The molecule has 17 heavy (non-hydrogen) atoms. The molecule has 1 rings (SSSR count). The second kappa shape index (κ2) is 6.29. The van der Waals surface area contributed by atoms with Gasteiger partial charge in [-0.25, -0.2) is 9.78 Å². The fraction of sp³-hybridized carbons (Fsp3) is 0.455. The van der Waals surface area contributed by atoms with Crippen molar-refractivity contribution >= 4 is 5.97 Å². The first kappa shape index (κ1) is 13.6. The molecule has 0 bridgehead atoms. The van der Waals surface area contributed by atoms with E-state index >= 15 is 0 Å². The predicted octanol–water partition coefficient (Wildman–Crippen LogP) is -0.355. The van der Waals surface area contributed by atoms with E-state index in [4.69, 9.17) is 5.11 Å². The van der Waals surface area contributed by atoms with E-state index < -0.39 is 18.2 Å². The molecule has 94 valence electrons. The van der Waals surface area contributed by atoms with Gasteiger partial charge in [0.1, 0.15) is 6.10 Å². The molecule has 0 saturated carbocycles. The third-order valence-corrected chi connectivity index (χ3v) is 2.33. The number of hydrogen-bond acceptors (Lipinski definition) is 6. The van der Waals surface area contributed by atoms with Crippen molar-refractivity contribution in [2.24, 2.45) is 0 Å². The van der Waals surface area contributed by atoms with Gasteiger partial charge in [-0.05, 0) is 12.5 Å². The molecule has 2 atom stereocenters. The number of esters is 1. The Bertz CT molecular complexity index is 382. The lowest BCUT2D eigenvalue weighted by Gasteiger charge is -2.18. The Morgan fingerprint density at radius 1 is 1.53 bits per heavy atom. The van der Waals surface area contributed by atoms with Gasteiger partial charge < -0.3 is 20.1 Å². The average molecular weight is 241 g/mol. The van der Waals surface area contributed by atoms with Crippen molar-refractivity contribution < 1.29 is 24.9 Å². The molecule has 0 aromatic carbocycles. The van der Waals surface area contributed by atoms with Crippen LogP contribution in [0, 0.1) is 0 Å². The van der Waals surface area contributed by atoms with Gasteiger partial charge in [-0.2, -0.15) is 0 Å². The Balaban J connectivity index is 3.00. The summed E-state index contributed by atoms with van der Waals surface area (Å²) in [5.41, 5.74) is 0.139. The minimum Gasteiger partial charge on any atom is -0.464 e. The van der Waals surface area contributed by atoms with Crippen LogP contribution in [0.15, 0.2) is 18.3 Å². The number of ether oxygens (including phenoxy) is 1. The number of hydrogen-bond donors (Lipinski definition) is 3. The maximum absolute atomic E-state index is 11.4. The Morgan fingerprint density at radius 2 is 2.24 bits per heavy atom. The molecular weight excluding hydrogens is 226 g/mol. The first-order valence-corrected chi connectivity index (χ1v) is 5.12. The largest absolute Gasteiger partial charge is 0.464 e. The first-order chi connectivity index (χ1) is 8.11. The van der Waals surface area contributed by atoms with Crippen molar-refractivity contribution in [1.82, 2.24) is 4.98 Å². The van der Waals surface area contributed by atoms with E-state index in [0.717, 1.165) is 0 Å². The van der Waals surface area contributed by atoms with E-state index in [1.54, 1.807) is 0 Å². The number of pyridine rings is 1. The van der Waals surface area contributed by atoms with E-state index in [1.165, 1.54) is 25.4 Å². The molecule has 1 aromatic heterocycles. The summed E-state index contributed by atoms with van der Waals surface area (Å²) < 4.78 is 4.52. The van der Waals surface area contributed by atoms with Gasteiger partial charge in [0.2, 0.25) is 0 Å². The maximum atomic E-state index is 11.4. The molecule has 0 saturated heterocycles. The van der Waals surface area contributed by atoms with Crippen molar-refractivity contribution in [3.63, 3.8) is 0 Å². The van der Waals surface area contributed by atoms with Crippen LogP contribution in [0.3, 0.4) is 0 Å². The first-order valence-electron chi connectivity index (χ1n) is 5.12. The number of rotatable bonds is 5. The van der Waals surface area contributed by atoms with E-state index in [9.17, 15) is 15.0 Å². The van der Waals surface area contributed by atoms with Crippen molar-refractivity contribution in [2.75, 3.05) is 13.7 Å². The molecule has 3 N–H and O–H groups in total. The molecule has 0 spiro atoms. The van der Waals surface area contributed by atoms with Crippen molar-refractivity contribution in [3.8, 4) is 0 Å². The van der Waals surface area contributed by atoms with E-state index in [2.05, 4.69) is 9.72 Å². The lowest BCUT2D eigenvalue weighted by atomic mass is 10.0. The summed E-state index contributed by atoms with van der Waals surface area (Å²) >= 11 is 0. The van der Waals surface area contributed by atoms with Crippen LogP contribution in [-0.2, 0) is 4.74 Å². The van der Waals surface area contributed by atoms with Crippen LogP contribution in [0.1, 0.15) is 28.6 Å². The van der Waals surface area contributed by atoms with Crippen molar-refractivity contribution in [2.45, 2.75) is 18.6 Å². The lowest BCUT2D eigenvalue weighted by Crippen LogP contribution is -2.22. The van der Waals surface area contributed by atoms with E-state index in [1.807, 2.05) is 0 Å². The zero-order valence-electron chi connectivity index (χ0n) is 9.41. The molecule has 2 unspecified atom stereocenters. The standard InChI is InChI=1S/C11H15NO5/c1-17-11(16)9-7(3-2-5-12-9)10(15)8(14)4-6-13/h2-3,5,8,10,13-15H,4,6H2,1H3. The van der Waals surface area contributed by atoms with Crippen LogP contribution in [-0.4, -0.2) is 46.1 Å². The Labute approximate surface area is 98.5 Å². The van der Waals surface area contributed by atoms with Crippen LogP contribution in [0.4, 0.5) is 0 Å². The number of carbonyl (C=O) groups is 1. The predicted molar refractivity (Wildman–Crippen MR) is 58.2 cm³/mol. The Kier molecular flexibility index (Phi) is 5.02. The average Bonchev–Trinajstić information content (AvgIpc) is 2.37. The third kappa shape index (κ3) is 3.23. The monoisotopic (exact) mass is 241 g/mol. The summed E-state index contributed by atoms with van der Waals surface area (Å²) in [5.74, 6) is -0.684. The smallest absolute Gasteiger partial charge is 0.357 e. The zero-order valence-corrected chi connectivity index (χ0v) is 9.41. The number of methoxy groups -OCH3 is 1. The minimum atomic E-state index is -1.29. The van der Waals surface area contributed by atoms with Crippen LogP contribution >= 0.6 is 0 Å². The molecule has 0 aliphatic carbocycles. The molecule has 0 radical (unpaired) electrons. The number of aliphatic hydroxyl groups excluding tert-OH is 3. The van der Waals surface area contributed by atoms with Crippen molar-refractivity contribution in [3.05, 3.63) is 29.6 Å². The fourth-order valence-corrected chi connectivity index (χ4v) is 1.42. The summed E-state index contributed by atoms with van der Waals surface area (Å²) in [6, 6.07) is 3.02. The fourth-order valence-electron chi connectivity index (χ4n) is 1.42.